The summed E-state index contributed by atoms with van der Waals surface area (Å²) in [6, 6.07) is 11.3. The monoisotopic (exact) mass is 394 g/mol. The van der Waals surface area contributed by atoms with Crippen molar-refractivity contribution in [3.8, 4) is 0 Å². The number of halogens is 1. The van der Waals surface area contributed by atoms with Crippen LogP contribution in [0.1, 0.15) is 37.3 Å². The van der Waals surface area contributed by atoms with E-state index in [1.165, 1.54) is 46.5 Å². The number of nitrogens with one attached hydrogen (secondary N) is 2. The molecule has 4 aromatic rings. The van der Waals surface area contributed by atoms with Crippen molar-refractivity contribution in [3.63, 3.8) is 0 Å². The summed E-state index contributed by atoms with van der Waals surface area (Å²) in [6.45, 7) is 3.19. The van der Waals surface area contributed by atoms with Gasteiger partial charge >= 0.3 is 0 Å². The van der Waals surface area contributed by atoms with Crippen LogP contribution >= 0.6 is 12.4 Å². The second-order valence-corrected chi connectivity index (χ2v) is 7.32. The molecule has 0 aliphatic carbocycles. The highest BCUT2D eigenvalue weighted by atomic mass is 35.5. The van der Waals surface area contributed by atoms with Crippen LogP contribution in [0.4, 0.5) is 0 Å². The second-order valence-electron chi connectivity index (χ2n) is 7.32. The van der Waals surface area contributed by atoms with E-state index in [4.69, 9.17) is 0 Å². The van der Waals surface area contributed by atoms with E-state index in [0.29, 0.717) is 6.04 Å². The number of fused-ring (bicyclic) bond motifs is 2. The summed E-state index contributed by atoms with van der Waals surface area (Å²) in [5, 5.41) is 7.42. The first-order valence-corrected chi connectivity index (χ1v) is 9.75. The Morgan fingerprint density at radius 1 is 1.00 bits per heavy atom. The molecule has 0 unspecified atom stereocenters. The fourth-order valence-corrected chi connectivity index (χ4v) is 3.64. The van der Waals surface area contributed by atoms with Crippen LogP contribution in [-0.2, 0) is 13.0 Å². The zero-order valence-electron chi connectivity index (χ0n) is 16.2. The maximum Gasteiger partial charge on any atom is 0.0643 e. The molecule has 0 fully saturated rings. The molecule has 28 heavy (non-hydrogen) atoms. The predicted octanol–water partition coefficient (Wildman–Crippen LogP) is 5.42. The Hall–Kier alpha value is -2.43. The van der Waals surface area contributed by atoms with E-state index >= 15 is 0 Å². The van der Waals surface area contributed by atoms with E-state index in [1.807, 2.05) is 24.8 Å². The summed E-state index contributed by atoms with van der Waals surface area (Å²) in [6.07, 6.45) is 14.4. The third kappa shape index (κ3) is 4.89. The van der Waals surface area contributed by atoms with E-state index in [2.05, 4.69) is 63.7 Å². The molecule has 0 saturated heterocycles. The van der Waals surface area contributed by atoms with Crippen LogP contribution in [0.3, 0.4) is 0 Å². The Bertz CT molecular complexity index is 1030. The average molecular weight is 395 g/mol. The molecule has 146 valence electrons. The molecule has 0 aliphatic rings. The number of pyridine rings is 2. The van der Waals surface area contributed by atoms with E-state index in [9.17, 15) is 0 Å². The summed E-state index contributed by atoms with van der Waals surface area (Å²) in [7, 11) is 0. The lowest BCUT2D eigenvalue weighted by molar-refractivity contribution is 0.489. The van der Waals surface area contributed by atoms with E-state index < -0.39 is 0 Å². The quantitative estimate of drug-likeness (QED) is 0.392. The summed E-state index contributed by atoms with van der Waals surface area (Å²) in [5.41, 5.74) is 3.86. The zero-order chi connectivity index (χ0) is 18.5. The number of H-pyrrole nitrogens is 1. The van der Waals surface area contributed by atoms with Gasteiger partial charge in [0.25, 0.3) is 0 Å². The van der Waals surface area contributed by atoms with Crippen molar-refractivity contribution in [2.24, 2.45) is 0 Å². The molecular formula is C23H27ClN4. The molecule has 3 heterocycles. The highest BCUT2D eigenvalue weighted by Crippen LogP contribution is 2.19. The van der Waals surface area contributed by atoms with Crippen molar-refractivity contribution in [1.29, 1.82) is 0 Å². The Morgan fingerprint density at radius 3 is 2.79 bits per heavy atom. The fourth-order valence-electron chi connectivity index (χ4n) is 3.64. The third-order valence-corrected chi connectivity index (χ3v) is 5.26. The highest BCUT2D eigenvalue weighted by molar-refractivity contribution is 5.85. The molecule has 0 aliphatic heterocycles. The number of benzene rings is 1. The van der Waals surface area contributed by atoms with Crippen molar-refractivity contribution in [1.82, 2.24) is 20.3 Å². The SMILES string of the molecule is C[C@H](CCCCc1c[nH]c2cnccc12)NCc1ccc2cnccc2c1.Cl. The topological polar surface area (TPSA) is 53.6 Å². The maximum atomic E-state index is 4.17. The summed E-state index contributed by atoms with van der Waals surface area (Å²) in [5.74, 6) is 0. The smallest absolute Gasteiger partial charge is 0.0643 e. The van der Waals surface area contributed by atoms with Gasteiger partial charge in [-0.05, 0) is 60.9 Å². The van der Waals surface area contributed by atoms with Crippen LogP contribution in [0, 0.1) is 0 Å². The van der Waals surface area contributed by atoms with Gasteiger partial charge in [0.1, 0.15) is 0 Å². The lowest BCUT2D eigenvalue weighted by Gasteiger charge is -2.14. The van der Waals surface area contributed by atoms with Crippen molar-refractivity contribution in [2.45, 2.75) is 45.2 Å². The van der Waals surface area contributed by atoms with Crippen molar-refractivity contribution in [2.75, 3.05) is 0 Å². The normalized spacial score (nSPS) is 12.2. The molecule has 5 heteroatoms. The Kier molecular flexibility index (Phi) is 7.01. The number of hydrogen-bond donors (Lipinski definition) is 2. The largest absolute Gasteiger partial charge is 0.360 e. The number of aryl methyl sites for hydroxylation is 1. The first-order chi connectivity index (χ1) is 13.3. The second kappa shape index (κ2) is 9.67. The predicted molar refractivity (Wildman–Crippen MR) is 119 cm³/mol. The Labute approximate surface area is 172 Å². The van der Waals surface area contributed by atoms with Crippen LogP contribution in [0.2, 0.25) is 0 Å². The molecule has 3 aromatic heterocycles. The molecule has 1 aromatic carbocycles. The van der Waals surface area contributed by atoms with E-state index in [0.717, 1.165) is 18.5 Å². The van der Waals surface area contributed by atoms with Gasteiger partial charge in [0.15, 0.2) is 0 Å². The lowest BCUT2D eigenvalue weighted by atomic mass is 10.0. The van der Waals surface area contributed by atoms with Gasteiger partial charge in [-0.2, -0.15) is 0 Å². The summed E-state index contributed by atoms with van der Waals surface area (Å²) < 4.78 is 0. The van der Waals surface area contributed by atoms with Gasteiger partial charge in [0, 0.05) is 48.1 Å². The average Bonchev–Trinajstić information content (AvgIpc) is 3.13. The molecule has 4 rings (SSSR count). The van der Waals surface area contributed by atoms with Gasteiger partial charge in [0.2, 0.25) is 0 Å². The number of aromatic nitrogens is 3. The van der Waals surface area contributed by atoms with Gasteiger partial charge in [-0.3, -0.25) is 9.97 Å². The van der Waals surface area contributed by atoms with Gasteiger partial charge in [0.05, 0.1) is 11.7 Å². The number of nitrogens with zero attached hydrogens (tertiary/aromatic N) is 2. The van der Waals surface area contributed by atoms with Crippen molar-refractivity contribution in [3.05, 3.63) is 72.4 Å². The first kappa shape index (κ1) is 20.3. The highest BCUT2D eigenvalue weighted by Gasteiger charge is 2.05. The van der Waals surface area contributed by atoms with Crippen molar-refractivity contribution >= 4 is 34.1 Å². The first-order valence-electron chi connectivity index (χ1n) is 9.75. The number of rotatable bonds is 8. The minimum absolute atomic E-state index is 0. The molecule has 0 radical (unpaired) electrons. The van der Waals surface area contributed by atoms with Gasteiger partial charge < -0.3 is 10.3 Å². The van der Waals surface area contributed by atoms with Crippen LogP contribution in [0.5, 0.6) is 0 Å². The van der Waals surface area contributed by atoms with Crippen LogP contribution in [-0.4, -0.2) is 21.0 Å². The molecular weight excluding hydrogens is 368 g/mol. The minimum Gasteiger partial charge on any atom is -0.360 e. The maximum absolute atomic E-state index is 4.17. The molecule has 0 saturated carbocycles. The van der Waals surface area contributed by atoms with E-state index in [-0.39, 0.29) is 12.4 Å². The molecule has 1 atom stereocenters. The molecule has 2 N–H and O–H groups in total. The summed E-state index contributed by atoms with van der Waals surface area (Å²) in [4.78, 5) is 11.6. The Balaban J connectivity index is 0.00000225. The Morgan fingerprint density at radius 2 is 1.86 bits per heavy atom. The number of aromatic amines is 1. The van der Waals surface area contributed by atoms with Gasteiger partial charge in [-0.1, -0.05) is 18.6 Å². The fraction of sp³-hybridized carbons (Fsp3) is 0.304. The third-order valence-electron chi connectivity index (χ3n) is 5.26. The lowest BCUT2D eigenvalue weighted by Crippen LogP contribution is -2.25. The summed E-state index contributed by atoms with van der Waals surface area (Å²) >= 11 is 0. The molecule has 0 bridgehead atoms. The van der Waals surface area contributed by atoms with E-state index in [1.54, 1.807) is 0 Å². The van der Waals surface area contributed by atoms with Crippen LogP contribution in [0.15, 0.2) is 61.3 Å². The van der Waals surface area contributed by atoms with Gasteiger partial charge in [-0.15, -0.1) is 12.4 Å². The van der Waals surface area contributed by atoms with Crippen molar-refractivity contribution < 1.29 is 0 Å². The zero-order valence-corrected chi connectivity index (χ0v) is 17.0. The number of hydrogen-bond acceptors (Lipinski definition) is 3. The molecule has 0 amide bonds. The minimum atomic E-state index is 0. The van der Waals surface area contributed by atoms with Crippen LogP contribution < -0.4 is 5.32 Å². The molecule has 4 nitrogen and oxygen atoms in total. The van der Waals surface area contributed by atoms with Crippen LogP contribution in [0.25, 0.3) is 21.7 Å². The standard InChI is InChI=1S/C23H26N4.ClH/c1-17(26-13-18-6-7-20-14-24-10-8-19(20)12-18)4-2-3-5-21-15-27-23-16-25-11-9-22(21)23;/h6-12,14-17,26-27H,2-5,13H2,1H3;1H/t17-;/m1./s1. The number of unbranched alkanes of at least 4 members (excludes halogenated alkanes) is 1. The molecule has 0 spiro atoms. The van der Waals surface area contributed by atoms with Gasteiger partial charge in [-0.25, -0.2) is 0 Å².